The third-order valence-corrected chi connectivity index (χ3v) is 4.83. The largest absolute Gasteiger partial charge is 0.385 e. The van der Waals surface area contributed by atoms with Gasteiger partial charge >= 0.3 is 0 Å². The number of nitrogens with zero attached hydrogens (tertiary/aromatic N) is 1. The predicted molar refractivity (Wildman–Crippen MR) is 106 cm³/mol. The zero-order chi connectivity index (χ0) is 20.1. The second kappa shape index (κ2) is 8.99. The van der Waals surface area contributed by atoms with E-state index in [1.807, 2.05) is 12.1 Å². The fourth-order valence-corrected chi connectivity index (χ4v) is 3.20. The van der Waals surface area contributed by atoms with Crippen LogP contribution < -0.4 is 5.32 Å². The number of fused-ring (bicyclic) bond motifs is 1. The summed E-state index contributed by atoms with van der Waals surface area (Å²) >= 11 is 5.86. The smallest absolute Gasteiger partial charge is 0.261 e. The minimum Gasteiger partial charge on any atom is -0.385 e. The van der Waals surface area contributed by atoms with E-state index in [4.69, 9.17) is 16.3 Å². The van der Waals surface area contributed by atoms with Crippen molar-refractivity contribution >= 4 is 29.3 Å². The van der Waals surface area contributed by atoms with E-state index in [1.165, 1.54) is 11.0 Å². The number of carbonyl (C=O) groups is 3. The first kappa shape index (κ1) is 20.0. The molecule has 1 heterocycles. The summed E-state index contributed by atoms with van der Waals surface area (Å²) in [7, 11) is 1.57. The molecule has 0 aromatic heterocycles. The summed E-state index contributed by atoms with van der Waals surface area (Å²) in [6.07, 6.45) is 1.23. The standard InChI is InChI=1S/C21H21ClN2O4/c1-28-12-2-11-24-20(26)17-8-5-15(13-18(17)21(24)27)19(25)23-10-9-14-3-6-16(22)7-4-14/h3-8,13H,2,9-12H2,1H3,(H,23,25). The van der Waals surface area contributed by atoms with Crippen LogP contribution in [0.15, 0.2) is 42.5 Å². The first-order valence-corrected chi connectivity index (χ1v) is 9.41. The summed E-state index contributed by atoms with van der Waals surface area (Å²) in [5, 5.41) is 3.50. The number of carbonyl (C=O) groups excluding carboxylic acids is 3. The van der Waals surface area contributed by atoms with Crippen LogP contribution in [0.3, 0.4) is 0 Å². The summed E-state index contributed by atoms with van der Waals surface area (Å²) in [5.41, 5.74) is 2.02. The molecule has 7 heteroatoms. The molecule has 0 radical (unpaired) electrons. The molecule has 1 aliphatic rings. The van der Waals surface area contributed by atoms with Gasteiger partial charge in [0.2, 0.25) is 0 Å². The number of halogens is 1. The lowest BCUT2D eigenvalue weighted by Gasteiger charge is -2.12. The van der Waals surface area contributed by atoms with E-state index in [9.17, 15) is 14.4 Å². The molecule has 3 rings (SSSR count). The molecule has 0 spiro atoms. The Balaban J connectivity index is 1.62. The topological polar surface area (TPSA) is 75.7 Å². The Labute approximate surface area is 168 Å². The second-order valence-electron chi connectivity index (χ2n) is 6.50. The van der Waals surface area contributed by atoms with Crippen LogP contribution in [-0.4, -0.2) is 49.4 Å². The Kier molecular flexibility index (Phi) is 6.44. The molecule has 0 bridgehead atoms. The molecule has 0 saturated heterocycles. The minimum absolute atomic E-state index is 0.271. The van der Waals surface area contributed by atoms with Gasteiger partial charge in [-0.05, 0) is 48.7 Å². The van der Waals surface area contributed by atoms with Crippen LogP contribution >= 0.6 is 11.6 Å². The molecule has 2 aromatic carbocycles. The number of rotatable bonds is 8. The molecule has 0 aliphatic carbocycles. The summed E-state index contributed by atoms with van der Waals surface area (Å²) in [6, 6.07) is 12.0. The molecular formula is C21H21ClN2O4. The Morgan fingerprint density at radius 2 is 1.79 bits per heavy atom. The van der Waals surface area contributed by atoms with E-state index in [1.54, 1.807) is 31.4 Å². The van der Waals surface area contributed by atoms with Gasteiger partial charge in [-0.1, -0.05) is 23.7 Å². The molecule has 28 heavy (non-hydrogen) atoms. The molecule has 0 saturated carbocycles. The summed E-state index contributed by atoms with van der Waals surface area (Å²) in [4.78, 5) is 38.5. The highest BCUT2D eigenvalue weighted by molar-refractivity contribution is 6.30. The molecule has 0 atom stereocenters. The van der Waals surface area contributed by atoms with E-state index in [0.717, 1.165) is 5.56 Å². The summed E-state index contributed by atoms with van der Waals surface area (Å²) < 4.78 is 4.97. The van der Waals surface area contributed by atoms with E-state index in [0.29, 0.717) is 48.7 Å². The van der Waals surface area contributed by atoms with E-state index in [2.05, 4.69) is 5.32 Å². The van der Waals surface area contributed by atoms with Gasteiger partial charge in [0.15, 0.2) is 0 Å². The van der Waals surface area contributed by atoms with Crippen molar-refractivity contribution in [1.29, 1.82) is 0 Å². The molecule has 1 aliphatic heterocycles. The molecule has 146 valence electrons. The highest BCUT2D eigenvalue weighted by Crippen LogP contribution is 2.24. The first-order valence-electron chi connectivity index (χ1n) is 9.03. The van der Waals surface area contributed by atoms with Gasteiger partial charge in [-0.2, -0.15) is 0 Å². The van der Waals surface area contributed by atoms with Crippen molar-refractivity contribution in [2.45, 2.75) is 12.8 Å². The average Bonchev–Trinajstić information content (AvgIpc) is 2.94. The maximum absolute atomic E-state index is 12.5. The quantitative estimate of drug-likeness (QED) is 0.546. The Morgan fingerprint density at radius 3 is 2.50 bits per heavy atom. The number of hydrogen-bond acceptors (Lipinski definition) is 4. The lowest BCUT2D eigenvalue weighted by molar-refractivity contribution is 0.0638. The summed E-state index contributed by atoms with van der Waals surface area (Å²) in [5.74, 6) is -0.979. The van der Waals surface area contributed by atoms with Gasteiger partial charge in [0.1, 0.15) is 0 Å². The Morgan fingerprint density at radius 1 is 1.07 bits per heavy atom. The maximum Gasteiger partial charge on any atom is 0.261 e. The highest BCUT2D eigenvalue weighted by atomic mass is 35.5. The zero-order valence-corrected chi connectivity index (χ0v) is 16.3. The number of nitrogens with one attached hydrogen (secondary N) is 1. The number of amides is 3. The number of methoxy groups -OCH3 is 1. The van der Waals surface area contributed by atoms with Crippen molar-refractivity contribution in [3.05, 3.63) is 69.7 Å². The van der Waals surface area contributed by atoms with Gasteiger partial charge in [0.05, 0.1) is 11.1 Å². The van der Waals surface area contributed by atoms with Gasteiger partial charge in [-0.3, -0.25) is 19.3 Å². The van der Waals surface area contributed by atoms with E-state index < -0.39 is 0 Å². The number of imide groups is 1. The van der Waals surface area contributed by atoms with Crippen LogP contribution in [0.5, 0.6) is 0 Å². The molecule has 0 unspecified atom stereocenters. The Hall–Kier alpha value is -2.70. The lowest BCUT2D eigenvalue weighted by Crippen LogP contribution is -2.31. The molecule has 1 N–H and O–H groups in total. The van der Waals surface area contributed by atoms with Crippen LogP contribution in [0.1, 0.15) is 43.1 Å². The van der Waals surface area contributed by atoms with Gasteiger partial charge in [-0.25, -0.2) is 0 Å². The molecule has 2 aromatic rings. The third kappa shape index (κ3) is 4.40. The van der Waals surface area contributed by atoms with E-state index >= 15 is 0 Å². The second-order valence-corrected chi connectivity index (χ2v) is 6.94. The predicted octanol–water partition coefficient (Wildman–Crippen LogP) is 2.95. The van der Waals surface area contributed by atoms with E-state index in [-0.39, 0.29) is 23.3 Å². The average molecular weight is 401 g/mol. The number of hydrogen-bond donors (Lipinski definition) is 1. The van der Waals surface area contributed by atoms with Crippen LogP contribution in [0.2, 0.25) is 5.02 Å². The van der Waals surface area contributed by atoms with Crippen molar-refractivity contribution in [1.82, 2.24) is 10.2 Å². The fraction of sp³-hybridized carbons (Fsp3) is 0.286. The number of benzene rings is 2. The van der Waals surface area contributed by atoms with Gasteiger partial charge in [-0.15, -0.1) is 0 Å². The molecule has 6 nitrogen and oxygen atoms in total. The van der Waals surface area contributed by atoms with Crippen LogP contribution in [0.4, 0.5) is 0 Å². The van der Waals surface area contributed by atoms with Gasteiger partial charge in [0.25, 0.3) is 17.7 Å². The van der Waals surface area contributed by atoms with Crippen molar-refractivity contribution in [2.75, 3.05) is 26.8 Å². The number of ether oxygens (including phenoxy) is 1. The minimum atomic E-state index is -0.369. The molecule has 0 fully saturated rings. The van der Waals surface area contributed by atoms with Gasteiger partial charge in [0, 0.05) is 37.4 Å². The van der Waals surface area contributed by atoms with Crippen molar-refractivity contribution in [3.63, 3.8) is 0 Å². The highest BCUT2D eigenvalue weighted by Gasteiger charge is 2.35. The fourth-order valence-electron chi connectivity index (χ4n) is 3.08. The zero-order valence-electron chi connectivity index (χ0n) is 15.5. The lowest BCUT2D eigenvalue weighted by atomic mass is 10.1. The third-order valence-electron chi connectivity index (χ3n) is 4.58. The van der Waals surface area contributed by atoms with Gasteiger partial charge < -0.3 is 10.1 Å². The SMILES string of the molecule is COCCCN1C(=O)c2ccc(C(=O)NCCc3ccc(Cl)cc3)cc2C1=O. The first-order chi connectivity index (χ1) is 13.5. The van der Waals surface area contributed by atoms with Crippen molar-refractivity contribution < 1.29 is 19.1 Å². The van der Waals surface area contributed by atoms with Crippen molar-refractivity contribution in [2.24, 2.45) is 0 Å². The molecular weight excluding hydrogens is 380 g/mol. The summed E-state index contributed by atoms with van der Waals surface area (Å²) in [6.45, 7) is 1.21. The monoisotopic (exact) mass is 400 g/mol. The van der Waals surface area contributed by atoms with Crippen LogP contribution in [0, 0.1) is 0 Å². The Bertz CT molecular complexity index is 896. The van der Waals surface area contributed by atoms with Crippen LogP contribution in [-0.2, 0) is 11.2 Å². The van der Waals surface area contributed by atoms with Crippen LogP contribution in [0.25, 0.3) is 0 Å². The maximum atomic E-state index is 12.5. The normalized spacial score (nSPS) is 13.0. The van der Waals surface area contributed by atoms with Crippen molar-refractivity contribution in [3.8, 4) is 0 Å². The molecule has 3 amide bonds.